The Hall–Kier alpha value is -2.80. The number of ether oxygens (including phenoxy) is 1. The first-order valence-corrected chi connectivity index (χ1v) is 6.80. The summed E-state index contributed by atoms with van der Waals surface area (Å²) in [5.74, 6) is -0.219. The Bertz CT molecular complexity index is 677. The van der Waals surface area contributed by atoms with Crippen LogP contribution in [0.15, 0.2) is 48.5 Å². The van der Waals surface area contributed by atoms with Crippen LogP contribution >= 0.6 is 12.2 Å². The van der Waals surface area contributed by atoms with Crippen LogP contribution in [0.5, 0.6) is 11.5 Å². The van der Waals surface area contributed by atoms with Gasteiger partial charge in [-0.1, -0.05) is 18.2 Å². The fourth-order valence-electron chi connectivity index (χ4n) is 1.69. The first-order chi connectivity index (χ1) is 10.6. The lowest BCUT2D eigenvalue weighted by Gasteiger charge is -2.12. The molecule has 0 radical (unpaired) electrons. The molecule has 0 aromatic heterocycles. The molecular formula is C15H15N3O3S. The number of anilines is 1. The van der Waals surface area contributed by atoms with Crippen molar-refractivity contribution in [3.8, 4) is 11.5 Å². The molecule has 0 aliphatic heterocycles. The summed E-state index contributed by atoms with van der Waals surface area (Å²) in [7, 11) is 1.48. The van der Waals surface area contributed by atoms with Crippen molar-refractivity contribution in [2.75, 3.05) is 12.4 Å². The van der Waals surface area contributed by atoms with E-state index in [2.05, 4.69) is 16.2 Å². The topological polar surface area (TPSA) is 82.6 Å². The Kier molecular flexibility index (Phi) is 5.16. The van der Waals surface area contributed by atoms with Crippen LogP contribution < -0.4 is 20.9 Å². The minimum atomic E-state index is -0.534. The highest BCUT2D eigenvalue weighted by Crippen LogP contribution is 2.22. The van der Waals surface area contributed by atoms with E-state index in [1.54, 1.807) is 6.07 Å². The second-order valence-corrected chi connectivity index (χ2v) is 4.69. The molecule has 0 heterocycles. The van der Waals surface area contributed by atoms with Crippen LogP contribution in [0.25, 0.3) is 0 Å². The third-order valence-corrected chi connectivity index (χ3v) is 2.97. The Balaban J connectivity index is 1.94. The van der Waals surface area contributed by atoms with Gasteiger partial charge in [0, 0.05) is 5.69 Å². The van der Waals surface area contributed by atoms with Crippen LogP contribution in [0.4, 0.5) is 5.69 Å². The maximum absolute atomic E-state index is 12.0. The highest BCUT2D eigenvalue weighted by Gasteiger charge is 2.12. The van der Waals surface area contributed by atoms with Crippen molar-refractivity contribution >= 4 is 28.9 Å². The summed E-state index contributed by atoms with van der Waals surface area (Å²) in [4.78, 5) is 12.0. The van der Waals surface area contributed by atoms with Gasteiger partial charge in [-0.25, -0.2) is 0 Å². The third-order valence-electron chi connectivity index (χ3n) is 2.77. The summed E-state index contributed by atoms with van der Waals surface area (Å²) >= 11 is 5.06. The van der Waals surface area contributed by atoms with Gasteiger partial charge in [-0.05, 0) is 42.5 Å². The van der Waals surface area contributed by atoms with Crippen molar-refractivity contribution in [1.29, 1.82) is 0 Å². The van der Waals surface area contributed by atoms with Crippen molar-refractivity contribution in [3.05, 3.63) is 54.1 Å². The average molecular weight is 317 g/mol. The molecule has 0 bridgehead atoms. The summed E-state index contributed by atoms with van der Waals surface area (Å²) in [6, 6.07) is 13.6. The second kappa shape index (κ2) is 7.28. The number of para-hydroxylation sites is 1. The number of methoxy groups -OCH3 is 1. The molecular weight excluding hydrogens is 302 g/mol. The molecule has 7 heteroatoms. The van der Waals surface area contributed by atoms with E-state index >= 15 is 0 Å². The van der Waals surface area contributed by atoms with Gasteiger partial charge in [-0.3, -0.25) is 15.6 Å². The van der Waals surface area contributed by atoms with E-state index in [4.69, 9.17) is 17.0 Å². The number of thiocarbonyl (C=S) groups is 1. The number of carbonyl (C=O) groups excluding carboxylic acids is 1. The Labute approximate surface area is 133 Å². The monoisotopic (exact) mass is 317 g/mol. The van der Waals surface area contributed by atoms with Gasteiger partial charge in [0.1, 0.15) is 11.5 Å². The molecule has 0 atom stereocenters. The molecule has 2 aromatic rings. The Morgan fingerprint density at radius 1 is 1.14 bits per heavy atom. The van der Waals surface area contributed by atoms with Gasteiger partial charge < -0.3 is 15.2 Å². The lowest BCUT2D eigenvalue weighted by molar-refractivity contribution is 0.0941. The van der Waals surface area contributed by atoms with Crippen LogP contribution in [-0.4, -0.2) is 23.2 Å². The number of carbonyl (C=O) groups is 1. The number of hydrogen-bond acceptors (Lipinski definition) is 4. The van der Waals surface area contributed by atoms with E-state index in [1.165, 1.54) is 19.2 Å². The van der Waals surface area contributed by atoms with Crippen molar-refractivity contribution in [2.45, 2.75) is 0 Å². The molecule has 2 aromatic carbocycles. The van der Waals surface area contributed by atoms with Crippen LogP contribution in [0.2, 0.25) is 0 Å². The summed E-state index contributed by atoms with van der Waals surface area (Å²) in [6.45, 7) is 0. The largest absolute Gasteiger partial charge is 0.507 e. The first-order valence-electron chi connectivity index (χ1n) is 6.39. The fourth-order valence-corrected chi connectivity index (χ4v) is 1.86. The van der Waals surface area contributed by atoms with Crippen LogP contribution in [0.1, 0.15) is 10.4 Å². The molecule has 4 N–H and O–H groups in total. The van der Waals surface area contributed by atoms with Crippen molar-refractivity contribution in [1.82, 2.24) is 10.9 Å². The number of aromatic hydroxyl groups is 1. The maximum Gasteiger partial charge on any atom is 0.273 e. The number of phenols is 1. The number of rotatable bonds is 3. The Morgan fingerprint density at radius 2 is 1.86 bits per heavy atom. The molecule has 6 nitrogen and oxygen atoms in total. The SMILES string of the molecule is COc1ccc(O)c(C(=O)NNC(=S)Nc2ccccc2)c1. The van der Waals surface area contributed by atoms with Crippen molar-refractivity contribution in [3.63, 3.8) is 0 Å². The third kappa shape index (κ3) is 4.10. The molecule has 22 heavy (non-hydrogen) atoms. The van der Waals surface area contributed by atoms with Gasteiger partial charge in [0.25, 0.3) is 5.91 Å². The van der Waals surface area contributed by atoms with Gasteiger partial charge in [-0.2, -0.15) is 0 Å². The fraction of sp³-hybridized carbons (Fsp3) is 0.0667. The minimum absolute atomic E-state index is 0.0781. The van der Waals surface area contributed by atoms with E-state index in [-0.39, 0.29) is 16.4 Å². The zero-order chi connectivity index (χ0) is 15.9. The van der Waals surface area contributed by atoms with E-state index in [0.717, 1.165) is 5.69 Å². The lowest BCUT2D eigenvalue weighted by Crippen LogP contribution is -2.43. The van der Waals surface area contributed by atoms with Crippen LogP contribution in [-0.2, 0) is 0 Å². The number of benzene rings is 2. The Morgan fingerprint density at radius 3 is 2.55 bits per heavy atom. The summed E-state index contributed by atoms with van der Waals surface area (Å²) in [5.41, 5.74) is 5.83. The minimum Gasteiger partial charge on any atom is -0.507 e. The van der Waals surface area contributed by atoms with Crippen LogP contribution in [0.3, 0.4) is 0 Å². The predicted molar refractivity (Wildman–Crippen MR) is 87.9 cm³/mol. The summed E-state index contributed by atoms with van der Waals surface area (Å²) < 4.78 is 5.01. The molecule has 114 valence electrons. The van der Waals surface area contributed by atoms with E-state index in [0.29, 0.717) is 5.75 Å². The normalized spacial score (nSPS) is 9.68. The number of phenolic OH excluding ortho intramolecular Hbond substituents is 1. The first kappa shape index (κ1) is 15.6. The number of amides is 1. The molecule has 2 rings (SSSR count). The predicted octanol–water partition coefficient (Wildman–Crippen LogP) is 2.03. The number of nitrogens with one attached hydrogen (secondary N) is 3. The maximum atomic E-state index is 12.0. The molecule has 0 aliphatic carbocycles. The van der Waals surface area contributed by atoms with Gasteiger partial charge in [0.05, 0.1) is 12.7 Å². The zero-order valence-corrected chi connectivity index (χ0v) is 12.6. The number of hydrogen-bond donors (Lipinski definition) is 4. The smallest absolute Gasteiger partial charge is 0.273 e. The molecule has 0 saturated heterocycles. The van der Waals surface area contributed by atoms with Gasteiger partial charge in [0.15, 0.2) is 5.11 Å². The molecule has 0 unspecified atom stereocenters. The zero-order valence-electron chi connectivity index (χ0n) is 11.8. The quantitative estimate of drug-likeness (QED) is 0.512. The van der Waals surface area contributed by atoms with E-state index < -0.39 is 5.91 Å². The molecule has 0 fully saturated rings. The second-order valence-electron chi connectivity index (χ2n) is 4.28. The van der Waals surface area contributed by atoms with Gasteiger partial charge in [0.2, 0.25) is 0 Å². The molecule has 0 aliphatic rings. The molecule has 0 saturated carbocycles. The highest BCUT2D eigenvalue weighted by molar-refractivity contribution is 7.80. The van der Waals surface area contributed by atoms with Crippen LogP contribution in [0, 0.1) is 0 Å². The molecule has 0 spiro atoms. The summed E-state index contributed by atoms with van der Waals surface area (Å²) in [6.07, 6.45) is 0. The van der Waals surface area contributed by atoms with E-state index in [9.17, 15) is 9.90 Å². The van der Waals surface area contributed by atoms with Crippen molar-refractivity contribution < 1.29 is 14.6 Å². The summed E-state index contributed by atoms with van der Waals surface area (Å²) in [5, 5.41) is 12.8. The molecule has 1 amide bonds. The lowest BCUT2D eigenvalue weighted by atomic mass is 10.2. The van der Waals surface area contributed by atoms with Gasteiger partial charge >= 0.3 is 0 Å². The average Bonchev–Trinajstić information content (AvgIpc) is 2.54. The van der Waals surface area contributed by atoms with Crippen molar-refractivity contribution in [2.24, 2.45) is 0 Å². The van der Waals surface area contributed by atoms with E-state index in [1.807, 2.05) is 30.3 Å². The highest BCUT2D eigenvalue weighted by atomic mass is 32.1. The van der Waals surface area contributed by atoms with Gasteiger partial charge in [-0.15, -0.1) is 0 Å². The number of hydrazine groups is 1. The standard InChI is InChI=1S/C15H15N3O3S/c1-21-11-7-8-13(19)12(9-11)14(20)17-18-15(22)16-10-5-3-2-4-6-10/h2-9,19H,1H3,(H,17,20)(H2,16,18,22).